The maximum atomic E-state index is 12.6. The summed E-state index contributed by atoms with van der Waals surface area (Å²) in [6.07, 6.45) is 6.46. The fourth-order valence-corrected chi connectivity index (χ4v) is 3.77. The highest BCUT2D eigenvalue weighted by Gasteiger charge is 2.35. The number of nitrogens with zero attached hydrogens (tertiary/aromatic N) is 3. The molecule has 3 aliphatic heterocycles. The minimum atomic E-state index is -0.0640. The van der Waals surface area contributed by atoms with E-state index in [1.807, 2.05) is 0 Å². The zero-order chi connectivity index (χ0) is 14.4. The highest BCUT2D eigenvalue weighted by Crippen LogP contribution is 2.31. The molecule has 1 N–H and O–H groups in total. The lowest BCUT2D eigenvalue weighted by Gasteiger charge is -2.45. The van der Waals surface area contributed by atoms with E-state index in [4.69, 9.17) is 11.6 Å². The van der Waals surface area contributed by atoms with Crippen LogP contribution < -0.4 is 10.9 Å². The molecule has 1 unspecified atom stereocenters. The predicted molar refractivity (Wildman–Crippen MR) is 82.8 cm³/mol. The standard InChI is InChI=1S/C15H21ClN4O/c16-12-7-17-20(8-10-1-2-10)15(21)14(12)18-13-9-19-5-3-11(13)4-6-19/h7,10-11,13,18H,1-6,8-9H2. The van der Waals surface area contributed by atoms with Crippen LogP contribution in [0.5, 0.6) is 0 Å². The molecule has 0 spiro atoms. The number of halogens is 1. The van der Waals surface area contributed by atoms with Crippen LogP contribution in [0, 0.1) is 11.8 Å². The van der Waals surface area contributed by atoms with Crippen molar-refractivity contribution in [2.75, 3.05) is 25.0 Å². The lowest BCUT2D eigenvalue weighted by molar-refractivity contribution is 0.0974. The Bertz CT molecular complexity index is 590. The number of hydrogen-bond donors (Lipinski definition) is 1. The van der Waals surface area contributed by atoms with Crippen LogP contribution in [0.4, 0.5) is 5.69 Å². The first kappa shape index (κ1) is 13.6. The molecule has 0 radical (unpaired) electrons. The fraction of sp³-hybridized carbons (Fsp3) is 0.733. The van der Waals surface area contributed by atoms with Gasteiger partial charge in [0.15, 0.2) is 0 Å². The van der Waals surface area contributed by atoms with Crippen LogP contribution in [0.1, 0.15) is 25.7 Å². The van der Waals surface area contributed by atoms with Crippen LogP contribution >= 0.6 is 11.6 Å². The zero-order valence-corrected chi connectivity index (χ0v) is 12.9. The van der Waals surface area contributed by atoms with E-state index >= 15 is 0 Å². The summed E-state index contributed by atoms with van der Waals surface area (Å²) in [6.45, 7) is 4.13. The summed E-state index contributed by atoms with van der Waals surface area (Å²) in [5.74, 6) is 1.29. The van der Waals surface area contributed by atoms with Gasteiger partial charge in [-0.3, -0.25) is 4.79 Å². The molecule has 1 aliphatic carbocycles. The second-order valence-corrected chi connectivity index (χ2v) is 7.09. The van der Waals surface area contributed by atoms with Gasteiger partial charge in [0, 0.05) is 19.1 Å². The summed E-state index contributed by atoms with van der Waals surface area (Å²) in [7, 11) is 0. The van der Waals surface area contributed by atoms with Gasteiger partial charge >= 0.3 is 0 Å². The molecule has 0 amide bonds. The third-order valence-electron chi connectivity index (χ3n) is 5.11. The quantitative estimate of drug-likeness (QED) is 0.922. The van der Waals surface area contributed by atoms with Crippen molar-refractivity contribution in [3.8, 4) is 0 Å². The minimum Gasteiger partial charge on any atom is -0.375 e. The molecule has 1 aromatic heterocycles. The monoisotopic (exact) mass is 308 g/mol. The average Bonchev–Trinajstić information content (AvgIpc) is 3.32. The number of piperidine rings is 3. The molecule has 4 aliphatic rings. The largest absolute Gasteiger partial charge is 0.375 e. The van der Waals surface area contributed by atoms with Crippen LogP contribution in [0.3, 0.4) is 0 Å². The molecule has 0 aromatic carbocycles. The number of nitrogens with one attached hydrogen (secondary N) is 1. The lowest BCUT2D eigenvalue weighted by Crippen LogP contribution is -2.54. The van der Waals surface area contributed by atoms with Crippen LogP contribution in [0.15, 0.2) is 11.0 Å². The van der Waals surface area contributed by atoms with Crippen molar-refractivity contribution in [3.05, 3.63) is 21.6 Å². The summed E-state index contributed by atoms with van der Waals surface area (Å²) in [6, 6.07) is 0.342. The minimum absolute atomic E-state index is 0.0640. The van der Waals surface area contributed by atoms with Crippen LogP contribution in [0.25, 0.3) is 0 Å². The van der Waals surface area contributed by atoms with Crippen LogP contribution in [-0.2, 0) is 6.54 Å². The van der Waals surface area contributed by atoms with Gasteiger partial charge in [-0.15, -0.1) is 0 Å². The maximum Gasteiger partial charge on any atom is 0.291 e. The molecular weight excluding hydrogens is 288 g/mol. The molecular formula is C15H21ClN4O. The van der Waals surface area contributed by atoms with Gasteiger partial charge in [0.05, 0.1) is 11.2 Å². The summed E-state index contributed by atoms with van der Waals surface area (Å²) >= 11 is 6.22. The molecule has 21 heavy (non-hydrogen) atoms. The van der Waals surface area contributed by atoms with Crippen molar-refractivity contribution >= 4 is 17.3 Å². The van der Waals surface area contributed by atoms with Crippen LogP contribution in [0.2, 0.25) is 5.02 Å². The maximum absolute atomic E-state index is 12.6. The number of fused-ring (bicyclic) bond motifs is 3. The zero-order valence-electron chi connectivity index (χ0n) is 12.1. The van der Waals surface area contributed by atoms with Gasteiger partial charge in [-0.25, -0.2) is 4.68 Å². The van der Waals surface area contributed by atoms with Crippen molar-refractivity contribution in [2.24, 2.45) is 11.8 Å². The van der Waals surface area contributed by atoms with E-state index in [1.54, 1.807) is 10.9 Å². The van der Waals surface area contributed by atoms with E-state index in [9.17, 15) is 4.79 Å². The molecule has 4 fully saturated rings. The van der Waals surface area contributed by atoms with Crippen molar-refractivity contribution in [2.45, 2.75) is 38.3 Å². The van der Waals surface area contributed by atoms with Crippen molar-refractivity contribution in [3.63, 3.8) is 0 Å². The molecule has 2 bridgehead atoms. The fourth-order valence-electron chi connectivity index (χ4n) is 3.59. The Hall–Kier alpha value is -1.07. The van der Waals surface area contributed by atoms with Gasteiger partial charge < -0.3 is 10.2 Å². The number of anilines is 1. The Kier molecular flexibility index (Phi) is 3.42. The molecule has 6 heteroatoms. The lowest BCUT2D eigenvalue weighted by atomic mass is 9.84. The first-order chi connectivity index (χ1) is 10.2. The second kappa shape index (κ2) is 5.29. The highest BCUT2D eigenvalue weighted by molar-refractivity contribution is 6.33. The SMILES string of the molecule is O=c1c(NC2CN3CCC2CC3)c(Cl)cnn1CC1CC1. The first-order valence-electron chi connectivity index (χ1n) is 7.95. The van der Waals surface area contributed by atoms with E-state index < -0.39 is 0 Å². The third-order valence-corrected chi connectivity index (χ3v) is 5.40. The Balaban J connectivity index is 1.57. The summed E-state index contributed by atoms with van der Waals surface area (Å²) < 4.78 is 1.58. The molecule has 4 heterocycles. The average molecular weight is 309 g/mol. The molecule has 3 saturated heterocycles. The van der Waals surface area contributed by atoms with Gasteiger partial charge in [-0.2, -0.15) is 5.10 Å². The van der Waals surface area contributed by atoms with Gasteiger partial charge in [0.1, 0.15) is 5.69 Å². The van der Waals surface area contributed by atoms with E-state index in [1.165, 1.54) is 38.8 Å². The van der Waals surface area contributed by atoms with Crippen molar-refractivity contribution < 1.29 is 0 Å². The van der Waals surface area contributed by atoms with Crippen LogP contribution in [-0.4, -0.2) is 40.4 Å². The van der Waals surface area contributed by atoms with E-state index in [-0.39, 0.29) is 5.56 Å². The van der Waals surface area contributed by atoms with Crippen molar-refractivity contribution in [1.29, 1.82) is 0 Å². The first-order valence-corrected chi connectivity index (χ1v) is 8.33. The molecule has 1 saturated carbocycles. The molecule has 1 atom stereocenters. The van der Waals surface area contributed by atoms with Gasteiger partial charge in [0.25, 0.3) is 5.56 Å². The van der Waals surface area contributed by atoms with E-state index in [0.717, 1.165) is 13.1 Å². The normalized spacial score (nSPS) is 31.4. The number of aromatic nitrogens is 2. The molecule has 1 aromatic rings. The Morgan fingerprint density at radius 2 is 2.05 bits per heavy atom. The number of rotatable bonds is 4. The molecule has 5 rings (SSSR count). The van der Waals surface area contributed by atoms with Gasteiger partial charge in [-0.1, -0.05) is 11.6 Å². The second-order valence-electron chi connectivity index (χ2n) is 6.69. The smallest absolute Gasteiger partial charge is 0.291 e. The third kappa shape index (κ3) is 2.69. The van der Waals surface area contributed by atoms with Crippen molar-refractivity contribution in [1.82, 2.24) is 14.7 Å². The summed E-state index contributed by atoms with van der Waals surface area (Å²) in [4.78, 5) is 15.0. The van der Waals surface area contributed by atoms with E-state index in [0.29, 0.717) is 28.6 Å². The molecule has 114 valence electrons. The topological polar surface area (TPSA) is 50.2 Å². The highest BCUT2D eigenvalue weighted by atomic mass is 35.5. The Labute approximate surface area is 129 Å². The van der Waals surface area contributed by atoms with Gasteiger partial charge in [-0.05, 0) is 50.6 Å². The Morgan fingerprint density at radius 3 is 2.67 bits per heavy atom. The Morgan fingerprint density at radius 1 is 1.29 bits per heavy atom. The predicted octanol–water partition coefficient (Wildman–Crippen LogP) is 1.81. The van der Waals surface area contributed by atoms with E-state index in [2.05, 4.69) is 15.3 Å². The summed E-state index contributed by atoms with van der Waals surface area (Å²) in [5.41, 5.74) is 0.483. The summed E-state index contributed by atoms with van der Waals surface area (Å²) in [5, 5.41) is 8.07. The molecule has 5 nitrogen and oxygen atoms in total. The van der Waals surface area contributed by atoms with Gasteiger partial charge in [0.2, 0.25) is 0 Å². The number of hydrogen-bond acceptors (Lipinski definition) is 4.